The first-order chi connectivity index (χ1) is 14.7. The Morgan fingerprint density at radius 1 is 0.967 bits per heavy atom. The molecule has 3 aromatic heterocycles. The molecule has 2 amide bonds. The maximum absolute atomic E-state index is 13.0. The van der Waals surface area contributed by atoms with Crippen molar-refractivity contribution in [3.05, 3.63) is 77.7 Å². The molecule has 2 N–H and O–H groups in total. The van der Waals surface area contributed by atoms with E-state index in [0.717, 1.165) is 24.1 Å². The van der Waals surface area contributed by atoms with E-state index in [1.165, 1.54) is 6.20 Å². The van der Waals surface area contributed by atoms with Crippen molar-refractivity contribution < 1.29 is 14.1 Å². The summed E-state index contributed by atoms with van der Waals surface area (Å²) in [7, 11) is 0. The quantitative estimate of drug-likeness (QED) is 0.510. The molecule has 1 aliphatic rings. The zero-order chi connectivity index (χ0) is 20.5. The number of rotatable bonds is 4. The first kappa shape index (κ1) is 18.0. The van der Waals surface area contributed by atoms with Crippen molar-refractivity contribution in [1.29, 1.82) is 0 Å². The van der Waals surface area contributed by atoms with Gasteiger partial charge in [0.25, 0.3) is 17.5 Å². The number of amides is 2. The molecule has 1 aliphatic carbocycles. The van der Waals surface area contributed by atoms with E-state index >= 15 is 0 Å². The third kappa shape index (κ3) is 3.39. The number of pyridine rings is 2. The summed E-state index contributed by atoms with van der Waals surface area (Å²) in [5.41, 5.74) is 7.86. The van der Waals surface area contributed by atoms with Gasteiger partial charge in [-0.2, -0.15) is 0 Å². The van der Waals surface area contributed by atoms with Crippen LogP contribution in [0.4, 0.5) is 0 Å². The minimum absolute atomic E-state index is 0.200. The van der Waals surface area contributed by atoms with Gasteiger partial charge in [-0.05, 0) is 31.0 Å². The van der Waals surface area contributed by atoms with Crippen LogP contribution in [0.1, 0.15) is 45.3 Å². The van der Waals surface area contributed by atoms with Crippen LogP contribution in [-0.4, -0.2) is 26.9 Å². The molecule has 0 bridgehead atoms. The van der Waals surface area contributed by atoms with Gasteiger partial charge in [-0.25, -0.2) is 4.98 Å². The largest absolute Gasteiger partial charge is 0.335 e. The van der Waals surface area contributed by atoms with Crippen LogP contribution in [0, 0.1) is 0 Å². The maximum Gasteiger partial charge on any atom is 0.288 e. The average Bonchev–Trinajstić information content (AvgIpc) is 3.57. The van der Waals surface area contributed by atoms with E-state index in [9.17, 15) is 9.59 Å². The standard InChI is InChI=1S/C22H17N5O3/c28-20(25-26-21(29)16-8-4-5-11-23-16)15-12-17(13-9-10-13)24-22-18(15)19(27-30-22)14-6-2-1-3-7-14/h1-8,11-13H,9-10H2,(H,25,28)(H,26,29). The molecule has 1 aromatic carbocycles. The summed E-state index contributed by atoms with van der Waals surface area (Å²) in [5, 5.41) is 4.67. The third-order valence-electron chi connectivity index (χ3n) is 4.94. The summed E-state index contributed by atoms with van der Waals surface area (Å²) < 4.78 is 5.47. The molecule has 1 fully saturated rings. The van der Waals surface area contributed by atoms with E-state index in [1.807, 2.05) is 30.3 Å². The molecule has 4 aromatic rings. The number of benzene rings is 1. The lowest BCUT2D eigenvalue weighted by Crippen LogP contribution is -2.42. The zero-order valence-electron chi connectivity index (χ0n) is 15.8. The number of carbonyl (C=O) groups excluding carboxylic acids is 2. The highest BCUT2D eigenvalue weighted by atomic mass is 16.5. The molecule has 30 heavy (non-hydrogen) atoms. The van der Waals surface area contributed by atoms with Gasteiger partial charge in [0, 0.05) is 23.4 Å². The van der Waals surface area contributed by atoms with E-state index in [-0.39, 0.29) is 5.69 Å². The number of hydrogen-bond acceptors (Lipinski definition) is 6. The Kier molecular flexibility index (Phi) is 4.44. The fraction of sp³-hybridized carbons (Fsp3) is 0.136. The Hall–Kier alpha value is -4.07. The second-order valence-electron chi connectivity index (χ2n) is 7.07. The fourth-order valence-corrected chi connectivity index (χ4v) is 3.27. The molecule has 1 saturated carbocycles. The molecule has 148 valence electrons. The Balaban J connectivity index is 1.50. The first-order valence-electron chi connectivity index (χ1n) is 9.58. The molecule has 0 spiro atoms. The molecular weight excluding hydrogens is 382 g/mol. The van der Waals surface area contributed by atoms with Crippen molar-refractivity contribution in [2.45, 2.75) is 18.8 Å². The Labute approximate surface area is 171 Å². The lowest BCUT2D eigenvalue weighted by molar-refractivity contribution is 0.0845. The Morgan fingerprint density at radius 3 is 2.47 bits per heavy atom. The lowest BCUT2D eigenvalue weighted by atomic mass is 10.0. The number of carbonyl (C=O) groups is 2. The monoisotopic (exact) mass is 399 g/mol. The SMILES string of the molecule is O=C(NNC(=O)c1cc(C2CC2)nc2onc(-c3ccccc3)c12)c1ccccn1. The molecule has 5 rings (SSSR count). The molecule has 0 atom stereocenters. The number of nitrogens with one attached hydrogen (secondary N) is 2. The molecule has 0 saturated heterocycles. The smallest absolute Gasteiger partial charge is 0.288 e. The van der Waals surface area contributed by atoms with Crippen LogP contribution in [0.3, 0.4) is 0 Å². The minimum atomic E-state index is -0.509. The lowest BCUT2D eigenvalue weighted by Gasteiger charge is -2.09. The van der Waals surface area contributed by atoms with Crippen LogP contribution in [0.15, 0.2) is 65.3 Å². The van der Waals surface area contributed by atoms with Crippen molar-refractivity contribution in [1.82, 2.24) is 26.0 Å². The minimum Gasteiger partial charge on any atom is -0.335 e. The van der Waals surface area contributed by atoms with Crippen LogP contribution in [0.2, 0.25) is 0 Å². The highest BCUT2D eigenvalue weighted by Crippen LogP contribution is 2.41. The highest BCUT2D eigenvalue weighted by molar-refractivity contribution is 6.10. The van der Waals surface area contributed by atoms with Crippen molar-refractivity contribution in [3.8, 4) is 11.3 Å². The predicted octanol–water partition coefficient (Wildman–Crippen LogP) is 3.24. The third-order valence-corrected chi connectivity index (χ3v) is 4.94. The van der Waals surface area contributed by atoms with Gasteiger partial charge < -0.3 is 4.52 Å². The second-order valence-corrected chi connectivity index (χ2v) is 7.07. The number of aromatic nitrogens is 3. The van der Waals surface area contributed by atoms with Gasteiger partial charge in [-0.1, -0.05) is 41.6 Å². The van der Waals surface area contributed by atoms with Gasteiger partial charge in [0.05, 0.1) is 10.9 Å². The molecule has 0 radical (unpaired) electrons. The van der Waals surface area contributed by atoms with Crippen LogP contribution >= 0.6 is 0 Å². The average molecular weight is 399 g/mol. The normalized spacial score (nSPS) is 13.2. The van der Waals surface area contributed by atoms with Gasteiger partial charge in [-0.15, -0.1) is 0 Å². The van der Waals surface area contributed by atoms with Crippen LogP contribution < -0.4 is 10.9 Å². The molecule has 0 unspecified atom stereocenters. The van der Waals surface area contributed by atoms with Gasteiger partial charge in [0.2, 0.25) is 0 Å². The fourth-order valence-electron chi connectivity index (χ4n) is 3.27. The highest BCUT2D eigenvalue weighted by Gasteiger charge is 2.29. The number of fused-ring (bicyclic) bond motifs is 1. The summed E-state index contributed by atoms with van der Waals surface area (Å²) >= 11 is 0. The second kappa shape index (κ2) is 7.40. The summed E-state index contributed by atoms with van der Waals surface area (Å²) in [6.07, 6.45) is 3.56. The molecule has 8 nitrogen and oxygen atoms in total. The van der Waals surface area contributed by atoms with Gasteiger partial charge in [-0.3, -0.25) is 25.4 Å². The summed E-state index contributed by atoms with van der Waals surface area (Å²) in [5.74, 6) is -0.673. The zero-order valence-corrected chi connectivity index (χ0v) is 15.8. The number of nitrogens with zero attached hydrogens (tertiary/aromatic N) is 3. The Morgan fingerprint density at radius 2 is 1.73 bits per heavy atom. The van der Waals surface area contributed by atoms with E-state index in [2.05, 4.69) is 26.0 Å². The topological polar surface area (TPSA) is 110 Å². The van der Waals surface area contributed by atoms with Crippen molar-refractivity contribution in [3.63, 3.8) is 0 Å². The summed E-state index contributed by atoms with van der Waals surface area (Å²) in [4.78, 5) is 33.8. The van der Waals surface area contributed by atoms with Crippen molar-refractivity contribution in [2.24, 2.45) is 0 Å². The first-order valence-corrected chi connectivity index (χ1v) is 9.58. The van der Waals surface area contributed by atoms with Crippen LogP contribution in [-0.2, 0) is 0 Å². The van der Waals surface area contributed by atoms with E-state index in [1.54, 1.807) is 24.3 Å². The van der Waals surface area contributed by atoms with Gasteiger partial charge in [0.15, 0.2) is 0 Å². The molecule has 8 heteroatoms. The predicted molar refractivity (Wildman–Crippen MR) is 108 cm³/mol. The summed E-state index contributed by atoms with van der Waals surface area (Å²) in [6.45, 7) is 0. The molecular formula is C22H17N5O3. The van der Waals surface area contributed by atoms with Gasteiger partial charge >= 0.3 is 0 Å². The molecule has 0 aliphatic heterocycles. The van der Waals surface area contributed by atoms with Crippen molar-refractivity contribution >= 4 is 22.9 Å². The number of hydrazine groups is 1. The van der Waals surface area contributed by atoms with E-state index in [0.29, 0.717) is 28.3 Å². The van der Waals surface area contributed by atoms with E-state index < -0.39 is 11.8 Å². The molecule has 3 heterocycles. The Bertz CT molecular complexity index is 1230. The van der Waals surface area contributed by atoms with Gasteiger partial charge in [0.1, 0.15) is 11.4 Å². The van der Waals surface area contributed by atoms with Crippen LogP contribution in [0.25, 0.3) is 22.4 Å². The maximum atomic E-state index is 13.0. The van der Waals surface area contributed by atoms with E-state index in [4.69, 9.17) is 4.52 Å². The van der Waals surface area contributed by atoms with Crippen molar-refractivity contribution in [2.75, 3.05) is 0 Å². The number of hydrogen-bond donors (Lipinski definition) is 2. The van der Waals surface area contributed by atoms with Crippen LogP contribution in [0.5, 0.6) is 0 Å². The summed E-state index contributed by atoms with van der Waals surface area (Å²) in [6, 6.07) is 16.2.